The van der Waals surface area contributed by atoms with Gasteiger partial charge in [-0.15, -0.1) is 0 Å². The monoisotopic (exact) mass is 251 g/mol. The van der Waals surface area contributed by atoms with E-state index in [4.69, 9.17) is 4.74 Å². The predicted molar refractivity (Wildman–Crippen MR) is 72.0 cm³/mol. The Hall–Kier alpha value is -1.55. The Morgan fingerprint density at radius 1 is 1.39 bits per heavy atom. The van der Waals surface area contributed by atoms with Crippen molar-refractivity contribution in [2.75, 3.05) is 12.4 Å². The third kappa shape index (κ3) is 3.47. The fourth-order valence-electron chi connectivity index (χ4n) is 1.55. The molecule has 0 radical (unpaired) electrons. The summed E-state index contributed by atoms with van der Waals surface area (Å²) in [4.78, 5) is 11.7. The topological polar surface area (TPSA) is 58.6 Å². The first kappa shape index (κ1) is 14.5. The molecule has 0 aliphatic rings. The minimum atomic E-state index is -1.39. The first-order valence-corrected chi connectivity index (χ1v) is 5.97. The minimum absolute atomic E-state index is 0.291. The Morgan fingerprint density at radius 2 is 2.00 bits per heavy atom. The summed E-state index contributed by atoms with van der Waals surface area (Å²) in [5, 5.41) is 12.3. The van der Waals surface area contributed by atoms with Crippen molar-refractivity contribution < 1.29 is 14.6 Å². The number of aliphatic hydroxyl groups is 1. The van der Waals surface area contributed by atoms with Crippen molar-refractivity contribution in [3.05, 3.63) is 23.8 Å². The summed E-state index contributed by atoms with van der Waals surface area (Å²) in [6.45, 7) is 7.02. The van der Waals surface area contributed by atoms with E-state index < -0.39 is 11.5 Å². The molecule has 0 bridgehead atoms. The van der Waals surface area contributed by atoms with Crippen LogP contribution in [0.1, 0.15) is 39.2 Å². The Kier molecular flexibility index (Phi) is 4.35. The maximum Gasteiger partial charge on any atom is 0.255 e. The highest BCUT2D eigenvalue weighted by molar-refractivity contribution is 5.96. The summed E-state index contributed by atoms with van der Waals surface area (Å²) in [7, 11) is 1.62. The van der Waals surface area contributed by atoms with Gasteiger partial charge < -0.3 is 15.2 Å². The summed E-state index contributed by atoms with van der Waals surface area (Å²) in [5.41, 5.74) is 0.287. The Balaban J connectivity index is 2.99. The van der Waals surface area contributed by atoms with E-state index in [0.29, 0.717) is 11.6 Å². The number of nitrogens with one attached hydrogen (secondary N) is 1. The van der Waals surface area contributed by atoms with E-state index in [9.17, 15) is 9.90 Å². The highest BCUT2D eigenvalue weighted by Gasteiger charge is 2.23. The summed E-state index contributed by atoms with van der Waals surface area (Å²) < 4.78 is 5.27. The van der Waals surface area contributed by atoms with Crippen LogP contribution in [0.2, 0.25) is 0 Å². The average Bonchev–Trinajstić information content (AvgIpc) is 2.27. The minimum Gasteiger partial charge on any atom is -0.496 e. The van der Waals surface area contributed by atoms with Gasteiger partial charge in [0.2, 0.25) is 0 Å². The van der Waals surface area contributed by atoms with Crippen LogP contribution in [0.15, 0.2) is 18.2 Å². The van der Waals surface area contributed by atoms with Crippen molar-refractivity contribution in [3.8, 4) is 5.75 Å². The van der Waals surface area contributed by atoms with Gasteiger partial charge in [-0.05, 0) is 43.5 Å². The van der Waals surface area contributed by atoms with Crippen molar-refractivity contribution >= 4 is 11.6 Å². The quantitative estimate of drug-likeness (QED) is 0.864. The zero-order valence-electron chi connectivity index (χ0n) is 11.6. The van der Waals surface area contributed by atoms with E-state index >= 15 is 0 Å². The molecule has 4 nitrogen and oxygen atoms in total. The van der Waals surface area contributed by atoms with E-state index in [1.165, 1.54) is 13.8 Å². The molecule has 0 aromatic heterocycles. The molecule has 0 atom stereocenters. The summed E-state index contributed by atoms with van der Waals surface area (Å²) in [6.07, 6.45) is 0. The lowest BCUT2D eigenvalue weighted by Crippen LogP contribution is -2.36. The number of anilines is 1. The van der Waals surface area contributed by atoms with Gasteiger partial charge in [-0.2, -0.15) is 0 Å². The number of carbonyl (C=O) groups excluding carboxylic acids is 1. The van der Waals surface area contributed by atoms with Gasteiger partial charge in [0.05, 0.1) is 7.11 Å². The van der Waals surface area contributed by atoms with Crippen LogP contribution in [0.25, 0.3) is 0 Å². The lowest BCUT2D eigenvalue weighted by Gasteiger charge is -2.18. The standard InChI is InChI=1S/C14H21NO3/c1-9(2)11-8-10(6-7-12(11)18-5)15-13(16)14(3,4)17/h6-9,17H,1-5H3,(H,15,16). The van der Waals surface area contributed by atoms with Crippen molar-refractivity contribution in [3.63, 3.8) is 0 Å². The second kappa shape index (κ2) is 5.40. The van der Waals surface area contributed by atoms with Gasteiger partial charge in [-0.1, -0.05) is 13.8 Å². The van der Waals surface area contributed by atoms with Crippen molar-refractivity contribution in [1.29, 1.82) is 0 Å². The Morgan fingerprint density at radius 3 is 2.44 bits per heavy atom. The largest absolute Gasteiger partial charge is 0.496 e. The maximum absolute atomic E-state index is 11.7. The van der Waals surface area contributed by atoms with Crippen LogP contribution in [0, 0.1) is 0 Å². The summed E-state index contributed by atoms with van der Waals surface area (Å²) in [5.74, 6) is 0.660. The summed E-state index contributed by atoms with van der Waals surface area (Å²) >= 11 is 0. The van der Waals surface area contributed by atoms with Gasteiger partial charge in [0.1, 0.15) is 11.4 Å². The Labute approximate surface area is 108 Å². The SMILES string of the molecule is COc1ccc(NC(=O)C(C)(C)O)cc1C(C)C. The molecule has 2 N–H and O–H groups in total. The molecule has 0 aliphatic heterocycles. The molecule has 0 aliphatic carbocycles. The number of methoxy groups -OCH3 is 1. The van der Waals surface area contributed by atoms with Crippen molar-refractivity contribution in [2.24, 2.45) is 0 Å². The van der Waals surface area contributed by atoms with Gasteiger partial charge in [0.25, 0.3) is 5.91 Å². The number of hydrogen-bond acceptors (Lipinski definition) is 3. The van der Waals surface area contributed by atoms with Crippen LogP contribution in [-0.4, -0.2) is 23.7 Å². The van der Waals surface area contributed by atoms with Gasteiger partial charge >= 0.3 is 0 Å². The van der Waals surface area contributed by atoms with Gasteiger partial charge in [-0.3, -0.25) is 4.79 Å². The number of carbonyl (C=O) groups is 1. The van der Waals surface area contributed by atoms with Crippen LogP contribution in [0.3, 0.4) is 0 Å². The molecule has 0 fully saturated rings. The van der Waals surface area contributed by atoms with Gasteiger partial charge in [-0.25, -0.2) is 0 Å². The average molecular weight is 251 g/mol. The second-order valence-electron chi connectivity index (χ2n) is 5.12. The maximum atomic E-state index is 11.7. The molecule has 100 valence electrons. The number of benzene rings is 1. The number of rotatable bonds is 4. The van der Waals surface area contributed by atoms with Gasteiger partial charge in [0, 0.05) is 5.69 Å². The van der Waals surface area contributed by atoms with Crippen LogP contribution < -0.4 is 10.1 Å². The van der Waals surface area contributed by atoms with E-state index in [1.807, 2.05) is 12.1 Å². The Bertz CT molecular complexity index is 433. The van der Waals surface area contributed by atoms with Gasteiger partial charge in [0.15, 0.2) is 0 Å². The highest BCUT2D eigenvalue weighted by atomic mass is 16.5. The van der Waals surface area contributed by atoms with E-state index in [2.05, 4.69) is 19.2 Å². The smallest absolute Gasteiger partial charge is 0.255 e. The van der Waals surface area contributed by atoms with Crippen molar-refractivity contribution in [1.82, 2.24) is 0 Å². The lowest BCUT2D eigenvalue weighted by atomic mass is 10.0. The van der Waals surface area contributed by atoms with Crippen LogP contribution in [-0.2, 0) is 4.79 Å². The molecule has 0 saturated carbocycles. The molecular formula is C14H21NO3. The first-order valence-electron chi connectivity index (χ1n) is 5.97. The van der Waals surface area contributed by atoms with E-state index in [0.717, 1.165) is 11.3 Å². The molecule has 1 aromatic carbocycles. The predicted octanol–water partition coefficient (Wildman–Crippen LogP) is 2.53. The third-order valence-electron chi connectivity index (χ3n) is 2.67. The first-order chi connectivity index (χ1) is 8.25. The molecule has 0 unspecified atom stereocenters. The number of amides is 1. The summed E-state index contributed by atoms with van der Waals surface area (Å²) in [6, 6.07) is 5.44. The molecule has 4 heteroatoms. The molecule has 0 heterocycles. The van der Waals surface area contributed by atoms with Crippen LogP contribution in [0.5, 0.6) is 5.75 Å². The van der Waals surface area contributed by atoms with E-state index in [1.54, 1.807) is 13.2 Å². The normalized spacial score (nSPS) is 11.5. The molecule has 1 rings (SSSR count). The molecule has 18 heavy (non-hydrogen) atoms. The zero-order valence-corrected chi connectivity index (χ0v) is 11.6. The van der Waals surface area contributed by atoms with Crippen LogP contribution in [0.4, 0.5) is 5.69 Å². The van der Waals surface area contributed by atoms with Crippen molar-refractivity contribution in [2.45, 2.75) is 39.2 Å². The fourth-order valence-corrected chi connectivity index (χ4v) is 1.55. The number of hydrogen-bond donors (Lipinski definition) is 2. The zero-order chi connectivity index (χ0) is 13.9. The number of ether oxygens (including phenoxy) is 1. The molecule has 0 spiro atoms. The third-order valence-corrected chi connectivity index (χ3v) is 2.67. The second-order valence-corrected chi connectivity index (χ2v) is 5.12. The van der Waals surface area contributed by atoms with Crippen LogP contribution >= 0.6 is 0 Å². The fraction of sp³-hybridized carbons (Fsp3) is 0.500. The van der Waals surface area contributed by atoms with E-state index in [-0.39, 0.29) is 0 Å². The molecule has 0 saturated heterocycles. The molecule has 1 amide bonds. The molecule has 1 aromatic rings. The lowest BCUT2D eigenvalue weighted by molar-refractivity contribution is -0.130. The highest BCUT2D eigenvalue weighted by Crippen LogP contribution is 2.29. The molecular weight excluding hydrogens is 230 g/mol.